The number of aromatic nitrogens is 2. The zero-order valence-corrected chi connectivity index (χ0v) is 12.4. The normalized spacial score (nSPS) is 10.7. The van der Waals surface area contributed by atoms with Crippen LogP contribution in [0.15, 0.2) is 34.9 Å². The lowest BCUT2D eigenvalue weighted by molar-refractivity contribution is 0.111. The topological polar surface area (TPSA) is 44.1 Å². The number of hydrogen-bond acceptors (Lipinski definition) is 3. The maximum Gasteiger partial charge on any atom is 0.153 e. The lowest BCUT2D eigenvalue weighted by Gasteiger charge is -2.09. The molecule has 0 fully saturated rings. The zero-order chi connectivity index (χ0) is 13.8. The molecule has 19 heavy (non-hydrogen) atoms. The Morgan fingerprint density at radius 1 is 1.42 bits per heavy atom. The number of nitrogens with zero attached hydrogens (tertiary/aromatic N) is 2. The van der Waals surface area contributed by atoms with Gasteiger partial charge < -0.3 is 4.74 Å². The minimum absolute atomic E-state index is 0.322. The third-order valence-electron chi connectivity index (χ3n) is 2.68. The summed E-state index contributed by atoms with van der Waals surface area (Å²) in [5.41, 5.74) is 1.36. The van der Waals surface area contributed by atoms with Crippen LogP contribution in [0, 0.1) is 0 Å². The second-order valence-corrected chi connectivity index (χ2v) is 5.30. The maximum absolute atomic E-state index is 11.0. The van der Waals surface area contributed by atoms with E-state index in [1.165, 1.54) is 0 Å². The Hall–Kier alpha value is -1.62. The Bertz CT molecular complexity index is 579. The SMILES string of the molecule is CC(C)n1ccc(COc2c(Br)cccc2C=O)n1. The molecule has 0 aliphatic rings. The van der Waals surface area contributed by atoms with E-state index < -0.39 is 0 Å². The van der Waals surface area contributed by atoms with E-state index in [1.54, 1.807) is 12.1 Å². The summed E-state index contributed by atoms with van der Waals surface area (Å²) in [6, 6.07) is 7.60. The fourth-order valence-corrected chi connectivity index (χ4v) is 2.15. The number of rotatable bonds is 5. The average molecular weight is 323 g/mol. The molecule has 0 atom stereocenters. The molecule has 0 bridgehead atoms. The van der Waals surface area contributed by atoms with E-state index in [0.717, 1.165) is 16.5 Å². The lowest BCUT2D eigenvalue weighted by atomic mass is 10.2. The van der Waals surface area contributed by atoms with Gasteiger partial charge in [0.2, 0.25) is 0 Å². The molecule has 0 saturated heterocycles. The molecule has 2 rings (SSSR count). The highest BCUT2D eigenvalue weighted by atomic mass is 79.9. The predicted molar refractivity (Wildman–Crippen MR) is 76.5 cm³/mol. The van der Waals surface area contributed by atoms with Crippen molar-refractivity contribution in [1.82, 2.24) is 9.78 Å². The van der Waals surface area contributed by atoms with E-state index in [2.05, 4.69) is 34.9 Å². The number of carbonyl (C=O) groups is 1. The van der Waals surface area contributed by atoms with Crippen molar-refractivity contribution in [2.24, 2.45) is 0 Å². The van der Waals surface area contributed by atoms with Gasteiger partial charge in [-0.2, -0.15) is 5.10 Å². The molecule has 2 aromatic rings. The highest BCUT2D eigenvalue weighted by Gasteiger charge is 2.09. The second kappa shape index (κ2) is 6.02. The number of benzene rings is 1. The molecule has 1 aromatic heterocycles. The van der Waals surface area contributed by atoms with Crippen molar-refractivity contribution in [3.05, 3.63) is 46.2 Å². The molecule has 0 aliphatic heterocycles. The van der Waals surface area contributed by atoms with Crippen LogP contribution in [0.25, 0.3) is 0 Å². The number of para-hydroxylation sites is 1. The first kappa shape index (κ1) is 13.8. The van der Waals surface area contributed by atoms with Crippen molar-refractivity contribution < 1.29 is 9.53 Å². The molecule has 5 heteroatoms. The third-order valence-corrected chi connectivity index (χ3v) is 3.31. The summed E-state index contributed by atoms with van der Waals surface area (Å²) in [7, 11) is 0. The highest BCUT2D eigenvalue weighted by Crippen LogP contribution is 2.28. The summed E-state index contributed by atoms with van der Waals surface area (Å²) in [6.45, 7) is 4.47. The van der Waals surface area contributed by atoms with Gasteiger partial charge in [0, 0.05) is 12.2 Å². The molecule has 4 nitrogen and oxygen atoms in total. The predicted octanol–water partition coefficient (Wildman–Crippen LogP) is 3.62. The van der Waals surface area contributed by atoms with Crippen molar-refractivity contribution in [3.63, 3.8) is 0 Å². The maximum atomic E-state index is 11.0. The fraction of sp³-hybridized carbons (Fsp3) is 0.286. The van der Waals surface area contributed by atoms with Gasteiger partial charge in [0.05, 0.1) is 15.7 Å². The summed E-state index contributed by atoms with van der Waals surface area (Å²) in [5, 5.41) is 4.40. The average Bonchev–Trinajstić information content (AvgIpc) is 2.86. The zero-order valence-electron chi connectivity index (χ0n) is 10.8. The van der Waals surface area contributed by atoms with Gasteiger partial charge >= 0.3 is 0 Å². The molecule has 1 aromatic carbocycles. The second-order valence-electron chi connectivity index (χ2n) is 4.45. The summed E-state index contributed by atoms with van der Waals surface area (Å²) in [5.74, 6) is 0.552. The van der Waals surface area contributed by atoms with Gasteiger partial charge in [-0.1, -0.05) is 6.07 Å². The van der Waals surface area contributed by atoms with Crippen LogP contribution < -0.4 is 4.74 Å². The molecule has 0 saturated carbocycles. The first-order valence-electron chi connectivity index (χ1n) is 6.02. The van der Waals surface area contributed by atoms with Crippen LogP contribution in [0.4, 0.5) is 0 Å². The number of hydrogen-bond donors (Lipinski definition) is 0. The molecule has 0 amide bonds. The van der Waals surface area contributed by atoms with Gasteiger partial charge in [-0.3, -0.25) is 9.48 Å². The highest BCUT2D eigenvalue weighted by molar-refractivity contribution is 9.10. The van der Waals surface area contributed by atoms with Gasteiger partial charge in [0.15, 0.2) is 6.29 Å². The van der Waals surface area contributed by atoms with Crippen LogP contribution in [0.3, 0.4) is 0 Å². The summed E-state index contributed by atoms with van der Waals surface area (Å²) < 4.78 is 8.32. The number of aldehydes is 1. The van der Waals surface area contributed by atoms with Gasteiger partial charge in [-0.15, -0.1) is 0 Å². The Balaban J connectivity index is 2.12. The number of carbonyl (C=O) groups excluding carboxylic acids is 1. The van der Waals surface area contributed by atoms with E-state index in [-0.39, 0.29) is 0 Å². The number of halogens is 1. The van der Waals surface area contributed by atoms with E-state index >= 15 is 0 Å². The molecule has 1 heterocycles. The first-order chi connectivity index (χ1) is 9.11. The monoisotopic (exact) mass is 322 g/mol. The molecule has 0 N–H and O–H groups in total. The Kier molecular flexibility index (Phi) is 4.37. The van der Waals surface area contributed by atoms with Crippen LogP contribution in [0.5, 0.6) is 5.75 Å². The smallest absolute Gasteiger partial charge is 0.153 e. The van der Waals surface area contributed by atoms with E-state index in [9.17, 15) is 4.79 Å². The molecule has 0 aliphatic carbocycles. The van der Waals surface area contributed by atoms with Crippen LogP contribution >= 0.6 is 15.9 Å². The molecule has 100 valence electrons. The minimum Gasteiger partial charge on any atom is -0.485 e. The molecular formula is C14H15BrN2O2. The third kappa shape index (κ3) is 3.23. The lowest BCUT2D eigenvalue weighted by Crippen LogP contribution is -2.04. The van der Waals surface area contributed by atoms with Crippen molar-refractivity contribution in [2.75, 3.05) is 0 Å². The van der Waals surface area contributed by atoms with Crippen molar-refractivity contribution in [3.8, 4) is 5.75 Å². The van der Waals surface area contributed by atoms with Crippen LogP contribution in [0.1, 0.15) is 35.9 Å². The van der Waals surface area contributed by atoms with Crippen LogP contribution in [-0.2, 0) is 6.61 Å². The molecule has 0 spiro atoms. The van der Waals surface area contributed by atoms with Gasteiger partial charge in [0.25, 0.3) is 0 Å². The van der Waals surface area contributed by atoms with E-state index in [1.807, 2.05) is 23.0 Å². The fourth-order valence-electron chi connectivity index (χ4n) is 1.66. The van der Waals surface area contributed by atoms with Gasteiger partial charge in [-0.05, 0) is 48.0 Å². The van der Waals surface area contributed by atoms with E-state index in [0.29, 0.717) is 24.0 Å². The molecule has 0 radical (unpaired) electrons. The summed E-state index contributed by atoms with van der Waals surface area (Å²) >= 11 is 3.38. The quantitative estimate of drug-likeness (QED) is 0.790. The van der Waals surface area contributed by atoms with Crippen molar-refractivity contribution in [1.29, 1.82) is 0 Å². The minimum atomic E-state index is 0.322. The summed E-state index contributed by atoms with van der Waals surface area (Å²) in [4.78, 5) is 11.0. The standard InChI is InChI=1S/C14H15BrN2O2/c1-10(2)17-7-6-12(16-17)9-19-14-11(8-18)4-3-5-13(14)15/h3-8,10H,9H2,1-2H3. The van der Waals surface area contributed by atoms with Crippen molar-refractivity contribution in [2.45, 2.75) is 26.5 Å². The van der Waals surface area contributed by atoms with Crippen molar-refractivity contribution >= 4 is 22.2 Å². The number of ether oxygens (including phenoxy) is 1. The largest absolute Gasteiger partial charge is 0.485 e. The van der Waals surface area contributed by atoms with E-state index in [4.69, 9.17) is 4.74 Å². The van der Waals surface area contributed by atoms with Gasteiger partial charge in [-0.25, -0.2) is 0 Å². The molecular weight excluding hydrogens is 308 g/mol. The Morgan fingerprint density at radius 2 is 2.21 bits per heavy atom. The Morgan fingerprint density at radius 3 is 2.84 bits per heavy atom. The first-order valence-corrected chi connectivity index (χ1v) is 6.81. The summed E-state index contributed by atoms with van der Waals surface area (Å²) in [6.07, 6.45) is 2.71. The van der Waals surface area contributed by atoms with Crippen LogP contribution in [0.2, 0.25) is 0 Å². The molecule has 0 unspecified atom stereocenters. The van der Waals surface area contributed by atoms with Gasteiger partial charge in [0.1, 0.15) is 12.4 Å². The Labute approximate surface area is 120 Å². The van der Waals surface area contributed by atoms with Crippen LogP contribution in [-0.4, -0.2) is 16.1 Å².